The normalized spacial score (nSPS) is 13.7. The molecule has 0 aromatic heterocycles. The van der Waals surface area contributed by atoms with E-state index in [2.05, 4.69) is 4.72 Å². The maximum atomic E-state index is 13.2. The number of nitrogens with two attached hydrogens (primary N) is 1. The van der Waals surface area contributed by atoms with Crippen molar-refractivity contribution in [1.29, 1.82) is 0 Å². The Morgan fingerprint density at radius 2 is 1.84 bits per heavy atom. The number of anilines is 1. The molecule has 19 heavy (non-hydrogen) atoms. The molecule has 1 atom stereocenters. The predicted octanol–water partition coefficient (Wildman–Crippen LogP) is 2.51. The molecule has 0 amide bonds. The highest BCUT2D eigenvalue weighted by atomic mass is 32.2. The summed E-state index contributed by atoms with van der Waals surface area (Å²) in [6.07, 6.45) is 1.76. The first-order chi connectivity index (χ1) is 8.80. The Morgan fingerprint density at radius 1 is 1.26 bits per heavy atom. The highest BCUT2D eigenvalue weighted by Crippen LogP contribution is 2.19. The van der Waals surface area contributed by atoms with Crippen molar-refractivity contribution < 1.29 is 12.8 Å². The maximum absolute atomic E-state index is 13.2. The Labute approximate surface area is 114 Å². The summed E-state index contributed by atoms with van der Waals surface area (Å²) in [6.45, 7) is 5.84. The van der Waals surface area contributed by atoms with E-state index in [0.29, 0.717) is 0 Å². The highest BCUT2D eigenvalue weighted by Gasteiger charge is 2.22. The quantitative estimate of drug-likeness (QED) is 0.790. The molecule has 6 heteroatoms. The first-order valence-electron chi connectivity index (χ1n) is 6.38. The molecule has 0 saturated carbocycles. The molecule has 1 rings (SSSR count). The van der Waals surface area contributed by atoms with Gasteiger partial charge in [0.05, 0.1) is 4.90 Å². The first-order valence-corrected chi connectivity index (χ1v) is 7.86. The van der Waals surface area contributed by atoms with Crippen LogP contribution in [0, 0.1) is 11.7 Å². The fourth-order valence-corrected chi connectivity index (χ4v) is 3.52. The van der Waals surface area contributed by atoms with Crippen molar-refractivity contribution in [3.05, 3.63) is 24.0 Å². The number of nitrogen functional groups attached to an aromatic ring is 1. The molecule has 0 heterocycles. The number of hydrogen-bond donors (Lipinski definition) is 2. The Balaban J connectivity index is 2.98. The Morgan fingerprint density at radius 3 is 2.32 bits per heavy atom. The zero-order chi connectivity index (χ0) is 14.6. The van der Waals surface area contributed by atoms with Gasteiger partial charge < -0.3 is 5.73 Å². The second-order valence-electron chi connectivity index (χ2n) is 4.71. The van der Waals surface area contributed by atoms with Crippen LogP contribution >= 0.6 is 0 Å². The molecule has 0 aliphatic heterocycles. The lowest BCUT2D eigenvalue weighted by Gasteiger charge is -2.22. The third kappa shape index (κ3) is 4.18. The predicted molar refractivity (Wildman–Crippen MR) is 74.7 cm³/mol. The van der Waals surface area contributed by atoms with Crippen molar-refractivity contribution >= 4 is 15.7 Å². The summed E-state index contributed by atoms with van der Waals surface area (Å²) in [4.78, 5) is -0.136. The fraction of sp³-hybridized carbons (Fsp3) is 0.538. The second-order valence-corrected chi connectivity index (χ2v) is 6.42. The lowest BCUT2D eigenvalue weighted by Crippen LogP contribution is -2.37. The summed E-state index contributed by atoms with van der Waals surface area (Å²) in [5, 5.41) is 0. The molecule has 0 radical (unpaired) electrons. The van der Waals surface area contributed by atoms with Crippen LogP contribution in [0.5, 0.6) is 0 Å². The smallest absolute Gasteiger partial charge is 0.240 e. The van der Waals surface area contributed by atoms with Gasteiger partial charge in [0, 0.05) is 11.7 Å². The van der Waals surface area contributed by atoms with Crippen LogP contribution in [0.4, 0.5) is 10.1 Å². The van der Waals surface area contributed by atoms with Gasteiger partial charge in [-0.05, 0) is 31.0 Å². The van der Waals surface area contributed by atoms with Crippen LogP contribution in [0.3, 0.4) is 0 Å². The van der Waals surface area contributed by atoms with Gasteiger partial charge in [0.25, 0.3) is 0 Å². The zero-order valence-electron chi connectivity index (χ0n) is 11.5. The average molecular weight is 288 g/mol. The summed E-state index contributed by atoms with van der Waals surface area (Å²) in [7, 11) is -3.74. The van der Waals surface area contributed by atoms with Gasteiger partial charge in [-0.1, -0.05) is 26.7 Å². The van der Waals surface area contributed by atoms with Gasteiger partial charge in [-0.3, -0.25) is 0 Å². The molecule has 1 unspecified atom stereocenters. The van der Waals surface area contributed by atoms with E-state index in [0.717, 1.165) is 25.0 Å². The van der Waals surface area contributed by atoms with Gasteiger partial charge in [-0.2, -0.15) is 0 Å². The van der Waals surface area contributed by atoms with Crippen molar-refractivity contribution in [2.75, 3.05) is 5.73 Å². The van der Waals surface area contributed by atoms with Crippen molar-refractivity contribution in [1.82, 2.24) is 4.72 Å². The highest BCUT2D eigenvalue weighted by molar-refractivity contribution is 7.89. The number of benzene rings is 1. The minimum Gasteiger partial charge on any atom is -0.399 e. The van der Waals surface area contributed by atoms with Crippen LogP contribution in [0.15, 0.2) is 23.1 Å². The third-order valence-corrected chi connectivity index (χ3v) is 4.84. The molecule has 0 fully saturated rings. The molecule has 1 aromatic carbocycles. The summed E-state index contributed by atoms with van der Waals surface area (Å²) < 4.78 is 40.1. The van der Waals surface area contributed by atoms with Gasteiger partial charge in [0.2, 0.25) is 10.0 Å². The lowest BCUT2D eigenvalue weighted by atomic mass is 9.96. The van der Waals surface area contributed by atoms with Gasteiger partial charge in [-0.15, -0.1) is 0 Å². The van der Waals surface area contributed by atoms with Crippen LogP contribution in [0.2, 0.25) is 0 Å². The van der Waals surface area contributed by atoms with Crippen LogP contribution in [0.25, 0.3) is 0 Å². The largest absolute Gasteiger partial charge is 0.399 e. The third-order valence-electron chi connectivity index (χ3n) is 3.30. The molecule has 0 saturated heterocycles. The number of sulfonamides is 1. The number of halogens is 1. The molecule has 108 valence electrons. The van der Waals surface area contributed by atoms with Crippen molar-refractivity contribution in [2.45, 2.75) is 44.6 Å². The molecule has 0 spiro atoms. The van der Waals surface area contributed by atoms with E-state index in [9.17, 15) is 12.8 Å². The Hall–Kier alpha value is -1.14. The van der Waals surface area contributed by atoms with Crippen LogP contribution in [-0.2, 0) is 10.0 Å². The number of rotatable bonds is 6. The molecule has 0 aliphatic carbocycles. The Bertz CT molecular complexity index is 507. The standard InChI is InChI=1S/C13H21FN2O2S/c1-4-10(5-2)9(3)16-19(17,18)13-7-11(14)6-12(15)8-13/h6-10,16H,4-5,15H2,1-3H3. The second kappa shape index (κ2) is 6.34. The molecule has 1 aromatic rings. The summed E-state index contributed by atoms with van der Waals surface area (Å²) >= 11 is 0. The molecule has 0 bridgehead atoms. The van der Waals surface area contributed by atoms with Gasteiger partial charge in [0.1, 0.15) is 5.82 Å². The first kappa shape index (κ1) is 15.9. The minimum atomic E-state index is -3.74. The van der Waals surface area contributed by atoms with Gasteiger partial charge in [-0.25, -0.2) is 17.5 Å². The van der Waals surface area contributed by atoms with Crippen LogP contribution < -0.4 is 10.5 Å². The van der Waals surface area contributed by atoms with Crippen molar-refractivity contribution in [3.8, 4) is 0 Å². The van der Waals surface area contributed by atoms with Crippen LogP contribution in [0.1, 0.15) is 33.6 Å². The zero-order valence-corrected chi connectivity index (χ0v) is 12.3. The minimum absolute atomic E-state index is 0.0931. The van der Waals surface area contributed by atoms with E-state index >= 15 is 0 Å². The summed E-state index contributed by atoms with van der Waals surface area (Å²) in [6, 6.07) is 3.11. The molecular weight excluding hydrogens is 267 g/mol. The van der Waals surface area contributed by atoms with Crippen molar-refractivity contribution in [3.63, 3.8) is 0 Å². The van der Waals surface area contributed by atoms with E-state index in [1.807, 2.05) is 20.8 Å². The topological polar surface area (TPSA) is 72.2 Å². The number of hydrogen-bond acceptors (Lipinski definition) is 3. The maximum Gasteiger partial charge on any atom is 0.240 e. The van der Waals surface area contributed by atoms with E-state index in [1.165, 1.54) is 6.07 Å². The van der Waals surface area contributed by atoms with E-state index in [1.54, 1.807) is 0 Å². The molecule has 0 aliphatic rings. The monoisotopic (exact) mass is 288 g/mol. The number of nitrogens with one attached hydrogen (secondary N) is 1. The molecule has 3 N–H and O–H groups in total. The molecule has 4 nitrogen and oxygen atoms in total. The van der Waals surface area contributed by atoms with Gasteiger partial charge in [0.15, 0.2) is 0 Å². The summed E-state index contributed by atoms with van der Waals surface area (Å²) in [5.74, 6) is -0.406. The molecular formula is C13H21FN2O2S. The van der Waals surface area contributed by atoms with Gasteiger partial charge >= 0.3 is 0 Å². The Kier molecular flexibility index (Phi) is 5.31. The lowest BCUT2D eigenvalue weighted by molar-refractivity contribution is 0.390. The van der Waals surface area contributed by atoms with E-state index in [-0.39, 0.29) is 22.5 Å². The summed E-state index contributed by atoms with van der Waals surface area (Å²) in [5.41, 5.74) is 5.56. The van der Waals surface area contributed by atoms with E-state index < -0.39 is 15.8 Å². The van der Waals surface area contributed by atoms with Crippen molar-refractivity contribution in [2.24, 2.45) is 5.92 Å². The SMILES string of the molecule is CCC(CC)C(C)NS(=O)(=O)c1cc(N)cc(F)c1. The van der Waals surface area contributed by atoms with Crippen LogP contribution in [-0.4, -0.2) is 14.5 Å². The fourth-order valence-electron chi connectivity index (χ4n) is 2.14. The average Bonchev–Trinajstić information content (AvgIpc) is 2.28. The van der Waals surface area contributed by atoms with E-state index in [4.69, 9.17) is 5.73 Å².